The molecule has 0 bridgehead atoms. The number of amides is 2. The molecule has 3 N–H and O–H groups in total. The molecule has 0 radical (unpaired) electrons. The summed E-state index contributed by atoms with van der Waals surface area (Å²) in [5.41, 5.74) is 1.27. The van der Waals surface area contributed by atoms with E-state index in [2.05, 4.69) is 15.8 Å². The van der Waals surface area contributed by atoms with Crippen LogP contribution in [0.2, 0.25) is 0 Å². The first-order chi connectivity index (χ1) is 18.0. The highest BCUT2D eigenvalue weighted by molar-refractivity contribution is 5.98. The van der Waals surface area contributed by atoms with Crippen molar-refractivity contribution in [3.63, 3.8) is 0 Å². The fraction of sp³-hybridized carbons (Fsp3) is 0.0870. The molecule has 3 aromatic carbocycles. The van der Waals surface area contributed by atoms with Gasteiger partial charge in [-0.2, -0.15) is 5.10 Å². The van der Waals surface area contributed by atoms with Crippen LogP contribution in [0.5, 0.6) is 5.75 Å². The van der Waals surface area contributed by atoms with E-state index in [0.29, 0.717) is 17.2 Å². The third-order valence-electron chi connectivity index (χ3n) is 5.08. The number of nitrogens with one attached hydrogen (secondary N) is 2. The summed E-state index contributed by atoms with van der Waals surface area (Å²) < 4.78 is 0. The zero-order valence-corrected chi connectivity index (χ0v) is 19.2. The molecule has 0 aliphatic carbocycles. The number of rotatable bonds is 10. The number of nitrogens with zero attached hydrogens (tertiary/aromatic N) is 4. The number of aromatic hydroxyl groups is 1. The predicted molar refractivity (Wildman–Crippen MR) is 132 cm³/mol. The number of carbonyl (C=O) groups is 2. The van der Waals surface area contributed by atoms with Gasteiger partial charge < -0.3 is 10.4 Å². The first-order valence-electron chi connectivity index (χ1n) is 10.6. The van der Waals surface area contributed by atoms with E-state index in [1.807, 2.05) is 0 Å². The summed E-state index contributed by atoms with van der Waals surface area (Å²) >= 11 is 0. The predicted octanol–water partition coefficient (Wildman–Crippen LogP) is 2.61. The van der Waals surface area contributed by atoms with Crippen LogP contribution in [0, 0.1) is 30.3 Å². The SMILES string of the molecule is O=C(N[C@H](Cc1ccc(O)cc1)C(=O)N/N=C\c1ccc([N+](=O)[O-])cc1)c1cc([N+](=O)[O-])cc([N+](=O)[O-])c1. The van der Waals surface area contributed by atoms with Gasteiger partial charge in [0.25, 0.3) is 28.9 Å². The lowest BCUT2D eigenvalue weighted by Crippen LogP contribution is -2.46. The topological polar surface area (TPSA) is 220 Å². The lowest BCUT2D eigenvalue weighted by atomic mass is 10.0. The van der Waals surface area contributed by atoms with Crippen molar-refractivity contribution < 1.29 is 29.5 Å². The van der Waals surface area contributed by atoms with Crippen molar-refractivity contribution in [3.8, 4) is 5.75 Å². The standard InChI is InChI=1S/C23H18N6O9/c30-20-7-3-14(4-8-20)9-21(23(32)26-24-13-15-1-5-17(6-2-15)27(33)34)25-22(31)16-10-18(28(35)36)12-19(11-16)29(37)38/h1-8,10-13,21,30H,9H2,(H,25,31)(H,26,32)/b24-13-/t21-/m1/s1. The molecule has 0 aromatic heterocycles. The summed E-state index contributed by atoms with van der Waals surface area (Å²) in [4.78, 5) is 56.4. The van der Waals surface area contributed by atoms with E-state index in [-0.39, 0.29) is 17.9 Å². The van der Waals surface area contributed by atoms with Crippen LogP contribution in [0.4, 0.5) is 17.1 Å². The monoisotopic (exact) mass is 522 g/mol. The van der Waals surface area contributed by atoms with Gasteiger partial charge in [0.2, 0.25) is 0 Å². The summed E-state index contributed by atoms with van der Waals surface area (Å²) in [7, 11) is 0. The van der Waals surface area contributed by atoms with Crippen LogP contribution in [0.25, 0.3) is 0 Å². The number of benzene rings is 3. The number of non-ortho nitro benzene ring substituents is 3. The normalized spacial score (nSPS) is 11.5. The Labute approximate surface area is 212 Å². The molecule has 0 unspecified atom stereocenters. The highest BCUT2D eigenvalue weighted by Crippen LogP contribution is 2.23. The maximum atomic E-state index is 12.9. The van der Waals surface area contributed by atoms with Crippen molar-refractivity contribution >= 4 is 35.1 Å². The molecule has 0 saturated carbocycles. The number of nitro groups is 3. The Kier molecular flexibility index (Phi) is 8.35. The lowest BCUT2D eigenvalue weighted by molar-refractivity contribution is -0.394. The summed E-state index contributed by atoms with van der Waals surface area (Å²) in [6.45, 7) is 0. The van der Waals surface area contributed by atoms with Crippen molar-refractivity contribution in [2.45, 2.75) is 12.5 Å². The van der Waals surface area contributed by atoms with E-state index in [1.54, 1.807) is 0 Å². The third kappa shape index (κ3) is 7.14. The Balaban J connectivity index is 1.82. The van der Waals surface area contributed by atoms with Crippen molar-refractivity contribution in [2.75, 3.05) is 0 Å². The molecular weight excluding hydrogens is 504 g/mol. The van der Waals surface area contributed by atoms with E-state index in [9.17, 15) is 45.0 Å². The second-order valence-corrected chi connectivity index (χ2v) is 7.73. The highest BCUT2D eigenvalue weighted by Gasteiger charge is 2.25. The molecule has 38 heavy (non-hydrogen) atoms. The van der Waals surface area contributed by atoms with Crippen LogP contribution < -0.4 is 10.7 Å². The van der Waals surface area contributed by atoms with Crippen molar-refractivity contribution in [1.29, 1.82) is 0 Å². The van der Waals surface area contributed by atoms with Gasteiger partial charge in [0.05, 0.1) is 32.6 Å². The summed E-state index contributed by atoms with van der Waals surface area (Å²) in [6, 6.07) is 12.1. The second kappa shape index (κ2) is 11.8. The van der Waals surface area contributed by atoms with Crippen molar-refractivity contribution in [2.24, 2.45) is 5.10 Å². The maximum absolute atomic E-state index is 12.9. The Hall–Kier alpha value is -5.73. The minimum Gasteiger partial charge on any atom is -0.508 e. The smallest absolute Gasteiger partial charge is 0.277 e. The molecule has 194 valence electrons. The molecule has 3 aromatic rings. The van der Waals surface area contributed by atoms with E-state index in [0.717, 1.165) is 12.1 Å². The van der Waals surface area contributed by atoms with Gasteiger partial charge in [-0.1, -0.05) is 12.1 Å². The van der Waals surface area contributed by atoms with Gasteiger partial charge in [0, 0.05) is 30.7 Å². The quantitative estimate of drug-likeness (QED) is 0.202. The van der Waals surface area contributed by atoms with Gasteiger partial charge in [-0.25, -0.2) is 5.43 Å². The summed E-state index contributed by atoms with van der Waals surface area (Å²) in [5.74, 6) is -1.82. The zero-order chi connectivity index (χ0) is 27.8. The van der Waals surface area contributed by atoms with Gasteiger partial charge in [-0.05, 0) is 35.4 Å². The number of carbonyl (C=O) groups excluding carboxylic acids is 2. The molecule has 3 rings (SSSR count). The minimum atomic E-state index is -1.29. The first kappa shape index (κ1) is 26.9. The number of hydrazone groups is 1. The van der Waals surface area contributed by atoms with Crippen LogP contribution in [0.15, 0.2) is 71.8 Å². The first-order valence-corrected chi connectivity index (χ1v) is 10.6. The van der Waals surface area contributed by atoms with Crippen LogP contribution in [0.3, 0.4) is 0 Å². The average Bonchev–Trinajstić information content (AvgIpc) is 2.89. The molecule has 15 heteroatoms. The van der Waals surface area contributed by atoms with E-state index in [1.165, 1.54) is 54.7 Å². The van der Waals surface area contributed by atoms with Gasteiger partial charge in [-0.15, -0.1) is 0 Å². The molecule has 2 amide bonds. The van der Waals surface area contributed by atoms with Crippen molar-refractivity contribution in [1.82, 2.24) is 10.7 Å². The van der Waals surface area contributed by atoms with Crippen molar-refractivity contribution in [3.05, 3.63) is 114 Å². The Morgan fingerprint density at radius 2 is 1.39 bits per heavy atom. The number of hydrogen-bond donors (Lipinski definition) is 3. The van der Waals surface area contributed by atoms with Crippen LogP contribution in [-0.2, 0) is 11.2 Å². The Morgan fingerprint density at radius 3 is 1.92 bits per heavy atom. The largest absolute Gasteiger partial charge is 0.508 e. The fourth-order valence-corrected chi connectivity index (χ4v) is 3.19. The summed E-state index contributed by atoms with van der Waals surface area (Å²) in [5, 5.41) is 48.7. The van der Waals surface area contributed by atoms with E-state index >= 15 is 0 Å². The molecular formula is C23H18N6O9. The second-order valence-electron chi connectivity index (χ2n) is 7.73. The number of hydrogen-bond acceptors (Lipinski definition) is 10. The molecule has 0 aliphatic heterocycles. The molecule has 15 nitrogen and oxygen atoms in total. The van der Waals surface area contributed by atoms with E-state index in [4.69, 9.17) is 0 Å². The lowest BCUT2D eigenvalue weighted by Gasteiger charge is -2.17. The molecule has 0 spiro atoms. The van der Waals surface area contributed by atoms with Gasteiger partial charge >= 0.3 is 0 Å². The molecule has 0 fully saturated rings. The van der Waals surface area contributed by atoms with Gasteiger partial charge in [0.1, 0.15) is 11.8 Å². The van der Waals surface area contributed by atoms with Crippen LogP contribution >= 0.6 is 0 Å². The Morgan fingerprint density at radius 1 is 0.842 bits per heavy atom. The summed E-state index contributed by atoms with van der Waals surface area (Å²) in [6.07, 6.45) is 1.12. The van der Waals surface area contributed by atoms with E-state index < -0.39 is 49.6 Å². The molecule has 0 heterocycles. The van der Waals surface area contributed by atoms with Crippen LogP contribution in [0.1, 0.15) is 21.5 Å². The van der Waals surface area contributed by atoms with Gasteiger partial charge in [-0.3, -0.25) is 39.9 Å². The fourth-order valence-electron chi connectivity index (χ4n) is 3.19. The average molecular weight is 522 g/mol. The molecule has 1 atom stereocenters. The van der Waals surface area contributed by atoms with Gasteiger partial charge in [0.15, 0.2) is 0 Å². The molecule has 0 aliphatic rings. The zero-order valence-electron chi connectivity index (χ0n) is 19.2. The maximum Gasteiger partial charge on any atom is 0.277 e. The number of nitro benzene ring substituents is 3. The Bertz CT molecular complexity index is 1390. The van der Waals surface area contributed by atoms with Crippen LogP contribution in [-0.4, -0.2) is 43.9 Å². The minimum absolute atomic E-state index is 0.0320. The highest BCUT2D eigenvalue weighted by atomic mass is 16.6. The molecule has 0 saturated heterocycles. The number of phenolic OH excluding ortho intramolecular Hbond substituents is 1. The number of phenols is 1. The third-order valence-corrected chi connectivity index (χ3v) is 5.08.